The third kappa shape index (κ3) is 8.05. The monoisotopic (exact) mass is 660 g/mol. The number of nitrogens with zero attached hydrogens (tertiary/aromatic N) is 1. The molecule has 0 radical (unpaired) electrons. The minimum absolute atomic E-state index is 0.442. The fourth-order valence-corrected chi connectivity index (χ4v) is 10.6. The van der Waals surface area contributed by atoms with Gasteiger partial charge in [0.1, 0.15) is 0 Å². The molecule has 0 aromatic carbocycles. The predicted molar refractivity (Wildman–Crippen MR) is 209 cm³/mol. The fourth-order valence-electron chi connectivity index (χ4n) is 10.6. The maximum absolute atomic E-state index is 6.63. The molecule has 1 fully saturated rings. The summed E-state index contributed by atoms with van der Waals surface area (Å²) in [6.45, 7) is 8.08. The number of hydrogen-bond acceptors (Lipinski definition) is 3. The molecular weight excluding hydrogens is 595 g/mol. The van der Waals surface area contributed by atoms with E-state index in [0.29, 0.717) is 47.7 Å². The van der Waals surface area contributed by atoms with Crippen LogP contribution in [-0.4, -0.2) is 42.7 Å². The Balaban J connectivity index is 1.22. The largest absolute Gasteiger partial charge is 0.330 e. The molecule has 0 saturated heterocycles. The van der Waals surface area contributed by atoms with Gasteiger partial charge in [-0.2, -0.15) is 0 Å². The van der Waals surface area contributed by atoms with Crippen molar-refractivity contribution >= 4 is 0 Å². The van der Waals surface area contributed by atoms with Gasteiger partial charge in [-0.05, 0) is 131 Å². The van der Waals surface area contributed by atoms with E-state index < -0.39 is 0 Å². The molecule has 3 N–H and O–H groups in total. The lowest BCUT2D eigenvalue weighted by Crippen LogP contribution is -2.52. The van der Waals surface area contributed by atoms with Crippen LogP contribution in [0, 0.1) is 29.6 Å². The summed E-state index contributed by atoms with van der Waals surface area (Å²) in [5, 5.41) is 3.72. The highest BCUT2D eigenvalue weighted by Crippen LogP contribution is 2.48. The highest BCUT2D eigenvalue weighted by Gasteiger charge is 2.43. The van der Waals surface area contributed by atoms with E-state index in [2.05, 4.69) is 97.0 Å². The van der Waals surface area contributed by atoms with Crippen LogP contribution in [0.2, 0.25) is 0 Å². The highest BCUT2D eigenvalue weighted by atomic mass is 15.2. The van der Waals surface area contributed by atoms with Gasteiger partial charge < -0.3 is 11.1 Å². The van der Waals surface area contributed by atoms with E-state index in [1.54, 1.807) is 22.3 Å². The van der Waals surface area contributed by atoms with E-state index in [-0.39, 0.29) is 0 Å². The number of hydrogen-bond donors (Lipinski definition) is 2. The molecule has 3 heteroatoms. The van der Waals surface area contributed by atoms with E-state index in [9.17, 15) is 0 Å². The molecule has 0 bridgehead atoms. The molecule has 6 unspecified atom stereocenters. The SMILES string of the molecule is CC(CC/C=C1/C=CCCC1)/C1=C2\CCCCC2C(C)C2=CC=C([C@@H](CN)CCC3CC=CCN3)CC2N([C@H]2C=CC=C3C=CCCC32)C1. The number of allylic oxidation sites excluding steroid dienone is 11. The summed E-state index contributed by atoms with van der Waals surface area (Å²) >= 11 is 0. The van der Waals surface area contributed by atoms with Crippen molar-refractivity contribution in [1.29, 1.82) is 0 Å². The Morgan fingerprint density at radius 1 is 0.959 bits per heavy atom. The van der Waals surface area contributed by atoms with E-state index in [1.807, 2.05) is 11.1 Å². The third-order valence-electron chi connectivity index (χ3n) is 13.6. The quantitative estimate of drug-likeness (QED) is 0.229. The van der Waals surface area contributed by atoms with Gasteiger partial charge >= 0.3 is 0 Å². The summed E-state index contributed by atoms with van der Waals surface area (Å²) < 4.78 is 0. The van der Waals surface area contributed by atoms with Crippen molar-refractivity contribution in [1.82, 2.24) is 10.2 Å². The minimum atomic E-state index is 0.442. The molecule has 2 aliphatic heterocycles. The topological polar surface area (TPSA) is 41.3 Å². The van der Waals surface area contributed by atoms with Crippen LogP contribution in [0.25, 0.3) is 0 Å². The standard InChI is InChI=1S/C46H65N3/c1-33(14-12-17-35-15-4-3-5-16-35)44-32-49(45-24-13-19-36-18-6-7-22-42(36)45)46-30-37(38(31-47)25-27-39-20-10-11-29-48-39)26-28-41(46)34(2)40-21-8-9-23-43(40)44/h4,6,10-11,13,15,17-19,24,26,28,33-34,38-40,42,45-46,48H,3,5,7-9,12,14,16,20-23,25,27,29-32,47H2,1-2H3/b35-17-,44-43+/t33?,34?,38-,39?,40?,42?,45+,46?/m1/s1. The average Bonchev–Trinajstić information content (AvgIpc) is 3.15. The first-order valence-electron chi connectivity index (χ1n) is 20.5. The molecule has 3 nitrogen and oxygen atoms in total. The smallest absolute Gasteiger partial charge is 0.0360 e. The summed E-state index contributed by atoms with van der Waals surface area (Å²) in [4.78, 5) is 3.04. The van der Waals surface area contributed by atoms with Crippen molar-refractivity contribution < 1.29 is 0 Å². The van der Waals surface area contributed by atoms with Crippen LogP contribution in [0.3, 0.4) is 0 Å². The van der Waals surface area contributed by atoms with Gasteiger partial charge in [-0.15, -0.1) is 0 Å². The van der Waals surface area contributed by atoms with Gasteiger partial charge in [0.2, 0.25) is 0 Å². The van der Waals surface area contributed by atoms with Crippen molar-refractivity contribution in [3.63, 3.8) is 0 Å². The molecule has 0 aromatic rings. The second kappa shape index (κ2) is 16.7. The van der Waals surface area contributed by atoms with Gasteiger partial charge in [0.15, 0.2) is 0 Å². The molecule has 5 aliphatic carbocycles. The number of fused-ring (bicyclic) bond motifs is 3. The van der Waals surface area contributed by atoms with Gasteiger partial charge in [-0.3, -0.25) is 4.90 Å². The lowest BCUT2D eigenvalue weighted by Gasteiger charge is -2.50. The zero-order valence-corrected chi connectivity index (χ0v) is 30.8. The maximum atomic E-state index is 6.63. The Kier molecular flexibility index (Phi) is 11.9. The third-order valence-corrected chi connectivity index (χ3v) is 13.6. The van der Waals surface area contributed by atoms with Crippen LogP contribution in [0.4, 0.5) is 0 Å². The Bertz CT molecular complexity index is 1440. The molecular formula is C46H65N3. The van der Waals surface area contributed by atoms with E-state index in [0.717, 1.165) is 32.5 Å². The van der Waals surface area contributed by atoms with Crippen LogP contribution >= 0.6 is 0 Å². The molecule has 0 amide bonds. The van der Waals surface area contributed by atoms with E-state index in [1.165, 1.54) is 83.5 Å². The van der Waals surface area contributed by atoms with E-state index >= 15 is 0 Å². The lowest BCUT2D eigenvalue weighted by molar-refractivity contribution is 0.131. The van der Waals surface area contributed by atoms with E-state index in [4.69, 9.17) is 5.73 Å². The maximum Gasteiger partial charge on any atom is 0.0360 e. The molecule has 2 heterocycles. The average molecular weight is 660 g/mol. The molecule has 8 atom stereocenters. The first-order chi connectivity index (χ1) is 24.1. The molecule has 264 valence electrons. The Labute approximate surface area is 299 Å². The Morgan fingerprint density at radius 2 is 1.88 bits per heavy atom. The highest BCUT2D eigenvalue weighted by molar-refractivity contribution is 5.40. The first-order valence-corrected chi connectivity index (χ1v) is 20.5. The summed E-state index contributed by atoms with van der Waals surface area (Å²) in [7, 11) is 0. The summed E-state index contributed by atoms with van der Waals surface area (Å²) in [5.41, 5.74) is 16.7. The van der Waals surface area contributed by atoms with Crippen molar-refractivity contribution in [3.8, 4) is 0 Å². The predicted octanol–water partition coefficient (Wildman–Crippen LogP) is 10.2. The molecule has 7 rings (SSSR count). The van der Waals surface area contributed by atoms with Gasteiger partial charge in [0, 0.05) is 37.1 Å². The minimum Gasteiger partial charge on any atom is -0.330 e. The second-order valence-corrected chi connectivity index (χ2v) is 16.5. The molecule has 7 aliphatic rings. The fraction of sp³-hybridized carbons (Fsp3) is 0.609. The van der Waals surface area contributed by atoms with Crippen molar-refractivity contribution in [2.75, 3.05) is 19.6 Å². The van der Waals surface area contributed by atoms with Crippen molar-refractivity contribution in [2.24, 2.45) is 35.3 Å². The van der Waals surface area contributed by atoms with Crippen molar-refractivity contribution in [2.45, 2.75) is 128 Å². The first kappa shape index (κ1) is 35.0. The van der Waals surface area contributed by atoms with Gasteiger partial charge in [0.05, 0.1) is 0 Å². The molecule has 0 spiro atoms. The summed E-state index contributed by atoms with van der Waals surface area (Å²) in [6.07, 6.45) is 48.2. The van der Waals surface area contributed by atoms with Gasteiger partial charge in [-0.1, -0.05) is 115 Å². The second-order valence-electron chi connectivity index (χ2n) is 16.5. The van der Waals surface area contributed by atoms with Gasteiger partial charge in [0.25, 0.3) is 0 Å². The van der Waals surface area contributed by atoms with Crippen LogP contribution in [0.15, 0.2) is 106 Å². The van der Waals surface area contributed by atoms with Crippen molar-refractivity contribution in [3.05, 3.63) is 106 Å². The lowest BCUT2D eigenvalue weighted by atomic mass is 9.66. The number of rotatable bonds is 10. The zero-order valence-electron chi connectivity index (χ0n) is 30.8. The summed E-state index contributed by atoms with van der Waals surface area (Å²) in [5.74, 6) is 2.94. The van der Waals surface area contributed by atoms with Crippen LogP contribution in [0.5, 0.6) is 0 Å². The zero-order chi connectivity index (χ0) is 33.6. The Morgan fingerprint density at radius 3 is 2.71 bits per heavy atom. The summed E-state index contributed by atoms with van der Waals surface area (Å²) in [6, 6.07) is 1.48. The molecule has 1 saturated carbocycles. The number of nitrogens with two attached hydrogens (primary N) is 1. The normalized spacial score (nSPS) is 35.3. The van der Waals surface area contributed by atoms with Gasteiger partial charge in [-0.25, -0.2) is 0 Å². The molecule has 49 heavy (non-hydrogen) atoms. The molecule has 0 aromatic heterocycles. The number of nitrogens with one attached hydrogen (secondary N) is 1. The van der Waals surface area contributed by atoms with Crippen LogP contribution < -0.4 is 11.1 Å². The van der Waals surface area contributed by atoms with Crippen LogP contribution in [-0.2, 0) is 0 Å². The Hall–Kier alpha value is -2.46. The van der Waals surface area contributed by atoms with Crippen LogP contribution in [0.1, 0.15) is 110 Å².